The Hall–Kier alpha value is -0.980. The van der Waals surface area contributed by atoms with E-state index in [0.717, 1.165) is 31.1 Å². The highest BCUT2D eigenvalue weighted by molar-refractivity contribution is 7.15. The number of rotatable bonds is 8. The lowest BCUT2D eigenvalue weighted by Crippen LogP contribution is -3.14. The van der Waals surface area contributed by atoms with E-state index in [0.29, 0.717) is 11.7 Å². The smallest absolute Gasteiger partial charge is 0.281 e. The van der Waals surface area contributed by atoms with Gasteiger partial charge in [0.25, 0.3) is 5.91 Å². The molecule has 5 nitrogen and oxygen atoms in total. The number of carbonyl (C=O) groups is 1. The summed E-state index contributed by atoms with van der Waals surface area (Å²) in [4.78, 5) is 18.4. The number of nitrogens with zero attached hydrogens (tertiary/aromatic N) is 1. The van der Waals surface area contributed by atoms with Gasteiger partial charge in [-0.05, 0) is 20.8 Å². The van der Waals surface area contributed by atoms with Crippen LogP contribution in [0.1, 0.15) is 18.7 Å². The molecule has 0 saturated heterocycles. The standard InChI is InChI=1S/C12H22N4OS/c1-4-16(5-2)7-6-13-9-11(17)15-12-14-8-10(3)18-12/h8,13H,4-7,9H2,1-3H3,(H,14,15,17)/p+2. The van der Waals surface area contributed by atoms with Crippen LogP contribution in [0, 0.1) is 6.92 Å². The summed E-state index contributed by atoms with van der Waals surface area (Å²) in [5.74, 6) is 0.0268. The van der Waals surface area contributed by atoms with Gasteiger partial charge in [-0.15, -0.1) is 11.3 Å². The van der Waals surface area contributed by atoms with E-state index in [1.807, 2.05) is 6.92 Å². The summed E-state index contributed by atoms with van der Waals surface area (Å²) in [6.45, 7) is 11.2. The predicted molar refractivity (Wildman–Crippen MR) is 74.1 cm³/mol. The van der Waals surface area contributed by atoms with Crippen molar-refractivity contribution in [3.8, 4) is 0 Å². The second kappa shape index (κ2) is 8.18. The summed E-state index contributed by atoms with van der Waals surface area (Å²) >= 11 is 1.51. The number of carbonyl (C=O) groups excluding carboxylic acids is 1. The van der Waals surface area contributed by atoms with Crippen molar-refractivity contribution in [1.82, 2.24) is 4.98 Å². The molecule has 4 N–H and O–H groups in total. The second-order valence-electron chi connectivity index (χ2n) is 4.31. The van der Waals surface area contributed by atoms with E-state index in [1.54, 1.807) is 11.1 Å². The predicted octanol–water partition coefficient (Wildman–Crippen LogP) is -1.12. The van der Waals surface area contributed by atoms with Crippen LogP contribution in [0.5, 0.6) is 0 Å². The first-order valence-electron chi connectivity index (χ1n) is 6.53. The number of nitrogens with one attached hydrogen (secondary N) is 2. The van der Waals surface area contributed by atoms with Crippen LogP contribution >= 0.6 is 11.3 Å². The van der Waals surface area contributed by atoms with Crippen LogP contribution in [0.3, 0.4) is 0 Å². The van der Waals surface area contributed by atoms with E-state index >= 15 is 0 Å². The molecular formula is C12H24N4OS+2. The van der Waals surface area contributed by atoms with E-state index in [1.165, 1.54) is 11.3 Å². The molecule has 1 aromatic rings. The molecular weight excluding hydrogens is 248 g/mol. The molecule has 1 amide bonds. The number of thiazole rings is 1. The Morgan fingerprint density at radius 1 is 1.50 bits per heavy atom. The molecule has 0 aromatic carbocycles. The average molecular weight is 272 g/mol. The Morgan fingerprint density at radius 2 is 2.22 bits per heavy atom. The van der Waals surface area contributed by atoms with Crippen LogP contribution in [0.4, 0.5) is 5.13 Å². The van der Waals surface area contributed by atoms with Gasteiger partial charge in [-0.3, -0.25) is 10.1 Å². The molecule has 0 radical (unpaired) electrons. The number of hydrogen-bond acceptors (Lipinski definition) is 3. The molecule has 6 heteroatoms. The molecule has 102 valence electrons. The first-order valence-corrected chi connectivity index (χ1v) is 7.34. The minimum atomic E-state index is 0.0268. The summed E-state index contributed by atoms with van der Waals surface area (Å²) in [6, 6.07) is 0. The van der Waals surface area contributed by atoms with Gasteiger partial charge in [-0.2, -0.15) is 0 Å². The zero-order valence-corrected chi connectivity index (χ0v) is 12.3. The number of nitrogens with two attached hydrogens (primary N) is 1. The lowest BCUT2D eigenvalue weighted by atomic mass is 10.4. The lowest BCUT2D eigenvalue weighted by molar-refractivity contribution is -0.908. The number of hydrogen-bond donors (Lipinski definition) is 3. The minimum absolute atomic E-state index is 0.0268. The molecule has 1 heterocycles. The quantitative estimate of drug-likeness (QED) is 0.525. The molecule has 0 spiro atoms. The fourth-order valence-electron chi connectivity index (χ4n) is 1.73. The normalized spacial score (nSPS) is 10.9. The Morgan fingerprint density at radius 3 is 2.78 bits per heavy atom. The summed E-state index contributed by atoms with van der Waals surface area (Å²) in [5.41, 5.74) is 0. The van der Waals surface area contributed by atoms with Crippen molar-refractivity contribution in [3.05, 3.63) is 11.1 Å². The molecule has 0 aliphatic rings. The summed E-state index contributed by atoms with van der Waals surface area (Å²) in [7, 11) is 0. The fraction of sp³-hybridized carbons (Fsp3) is 0.667. The zero-order valence-electron chi connectivity index (χ0n) is 11.5. The highest BCUT2D eigenvalue weighted by atomic mass is 32.1. The van der Waals surface area contributed by atoms with Crippen molar-refractivity contribution in [2.75, 3.05) is 38.0 Å². The van der Waals surface area contributed by atoms with Crippen LogP contribution < -0.4 is 15.5 Å². The number of aromatic nitrogens is 1. The Labute approximate surface area is 113 Å². The van der Waals surface area contributed by atoms with Gasteiger partial charge >= 0.3 is 0 Å². The van der Waals surface area contributed by atoms with Crippen molar-refractivity contribution >= 4 is 22.4 Å². The molecule has 0 fully saturated rings. The van der Waals surface area contributed by atoms with E-state index in [9.17, 15) is 4.79 Å². The zero-order chi connectivity index (χ0) is 13.4. The van der Waals surface area contributed by atoms with E-state index in [2.05, 4.69) is 29.5 Å². The van der Waals surface area contributed by atoms with Crippen LogP contribution in [0.25, 0.3) is 0 Å². The molecule has 0 unspecified atom stereocenters. The maximum atomic E-state index is 11.6. The highest BCUT2D eigenvalue weighted by Crippen LogP contribution is 2.15. The number of quaternary nitrogens is 2. The van der Waals surface area contributed by atoms with Crippen LogP contribution in [0.15, 0.2) is 6.20 Å². The third kappa shape index (κ3) is 5.57. The Balaban J connectivity index is 2.14. The van der Waals surface area contributed by atoms with Gasteiger partial charge in [0, 0.05) is 11.1 Å². The van der Waals surface area contributed by atoms with Gasteiger partial charge < -0.3 is 10.2 Å². The topological polar surface area (TPSA) is 63.0 Å². The summed E-state index contributed by atoms with van der Waals surface area (Å²) < 4.78 is 0. The van der Waals surface area contributed by atoms with Gasteiger partial charge in [-0.1, -0.05) is 0 Å². The van der Waals surface area contributed by atoms with Crippen LogP contribution in [-0.4, -0.2) is 43.6 Å². The van der Waals surface area contributed by atoms with Crippen molar-refractivity contribution in [2.24, 2.45) is 0 Å². The number of anilines is 1. The molecule has 1 rings (SSSR count). The van der Waals surface area contributed by atoms with Crippen molar-refractivity contribution in [1.29, 1.82) is 0 Å². The molecule has 0 aliphatic heterocycles. The van der Waals surface area contributed by atoms with Gasteiger partial charge in [0.15, 0.2) is 11.7 Å². The highest BCUT2D eigenvalue weighted by Gasteiger charge is 2.08. The third-order valence-corrected chi connectivity index (χ3v) is 3.73. The molecule has 18 heavy (non-hydrogen) atoms. The summed E-state index contributed by atoms with van der Waals surface area (Å²) in [5, 5.41) is 5.56. The maximum absolute atomic E-state index is 11.6. The first-order chi connectivity index (χ1) is 8.65. The van der Waals surface area contributed by atoms with E-state index in [4.69, 9.17) is 0 Å². The molecule has 0 aliphatic carbocycles. The molecule has 0 saturated carbocycles. The lowest BCUT2D eigenvalue weighted by Gasteiger charge is -2.13. The van der Waals surface area contributed by atoms with E-state index < -0.39 is 0 Å². The van der Waals surface area contributed by atoms with Crippen molar-refractivity contribution in [3.63, 3.8) is 0 Å². The monoisotopic (exact) mass is 272 g/mol. The Bertz CT molecular complexity index is 363. The third-order valence-electron chi connectivity index (χ3n) is 2.90. The van der Waals surface area contributed by atoms with Crippen molar-refractivity contribution < 1.29 is 15.0 Å². The van der Waals surface area contributed by atoms with Gasteiger partial charge in [0.2, 0.25) is 0 Å². The molecule has 0 bridgehead atoms. The number of aryl methyl sites for hydroxylation is 1. The largest absolute Gasteiger partial charge is 0.334 e. The Kier molecular flexibility index (Phi) is 6.85. The van der Waals surface area contributed by atoms with E-state index in [-0.39, 0.29) is 5.91 Å². The minimum Gasteiger partial charge on any atom is -0.334 e. The van der Waals surface area contributed by atoms with Gasteiger partial charge in [-0.25, -0.2) is 4.98 Å². The van der Waals surface area contributed by atoms with Gasteiger partial charge in [0.05, 0.1) is 13.1 Å². The SMILES string of the molecule is CC[NH+](CC)CC[NH2+]CC(=O)Nc1ncc(C)s1. The van der Waals surface area contributed by atoms with Crippen LogP contribution in [-0.2, 0) is 4.79 Å². The maximum Gasteiger partial charge on any atom is 0.281 e. The molecule has 0 atom stereocenters. The summed E-state index contributed by atoms with van der Waals surface area (Å²) in [6.07, 6.45) is 1.77. The number of likely N-dealkylation sites (N-methyl/N-ethyl adjacent to an activating group) is 1. The first kappa shape index (κ1) is 15.1. The second-order valence-corrected chi connectivity index (χ2v) is 5.55. The van der Waals surface area contributed by atoms with Crippen LogP contribution in [0.2, 0.25) is 0 Å². The van der Waals surface area contributed by atoms with Crippen molar-refractivity contribution in [2.45, 2.75) is 20.8 Å². The average Bonchev–Trinajstić information content (AvgIpc) is 2.75. The van der Waals surface area contributed by atoms with Gasteiger partial charge in [0.1, 0.15) is 13.1 Å². The number of amides is 1. The molecule has 1 aromatic heterocycles. The fourth-order valence-corrected chi connectivity index (χ4v) is 2.41.